The molecule has 24 heavy (non-hydrogen) atoms. The molecule has 0 saturated carbocycles. The zero-order valence-electron chi connectivity index (χ0n) is 15.3. The third kappa shape index (κ3) is 16.8. The fourth-order valence-corrected chi connectivity index (χ4v) is 2.11. The lowest BCUT2D eigenvalue weighted by atomic mass is 10.1. The first-order valence-corrected chi connectivity index (χ1v) is 9.08. The largest absolute Gasteiger partial charge is 0.469 e. The maximum absolute atomic E-state index is 10.9. The standard InChI is InChI=1S/C21H34O3/c1-3-4-5-6-7-8-9-10-11-12-13-14-15-17-20(22)18-16-19-21(23)24-2/h7-8,10-15,20,22H,3-6,9,16-19H2,1-2H3. The maximum Gasteiger partial charge on any atom is 0.305 e. The molecule has 0 bridgehead atoms. The van der Waals surface area contributed by atoms with Gasteiger partial charge in [0.15, 0.2) is 0 Å². The number of hydrogen-bond acceptors (Lipinski definition) is 3. The van der Waals surface area contributed by atoms with Crippen LogP contribution >= 0.6 is 0 Å². The minimum absolute atomic E-state index is 0.219. The van der Waals surface area contributed by atoms with E-state index in [2.05, 4.69) is 29.9 Å². The topological polar surface area (TPSA) is 46.5 Å². The molecule has 1 N–H and O–H groups in total. The lowest BCUT2D eigenvalue weighted by Gasteiger charge is -2.06. The van der Waals surface area contributed by atoms with E-state index in [4.69, 9.17) is 0 Å². The van der Waals surface area contributed by atoms with Gasteiger partial charge in [0.2, 0.25) is 0 Å². The van der Waals surface area contributed by atoms with Crippen molar-refractivity contribution in [1.82, 2.24) is 0 Å². The fraction of sp³-hybridized carbons (Fsp3) is 0.571. The average molecular weight is 335 g/mol. The molecule has 1 unspecified atom stereocenters. The van der Waals surface area contributed by atoms with Gasteiger partial charge in [0.25, 0.3) is 0 Å². The average Bonchev–Trinajstić information content (AvgIpc) is 2.58. The lowest BCUT2D eigenvalue weighted by Crippen LogP contribution is -2.07. The maximum atomic E-state index is 10.9. The van der Waals surface area contributed by atoms with Crippen molar-refractivity contribution in [2.24, 2.45) is 0 Å². The molecular formula is C21H34O3. The Morgan fingerprint density at radius 1 is 1.00 bits per heavy atom. The molecule has 0 aliphatic rings. The van der Waals surface area contributed by atoms with E-state index in [0.717, 1.165) is 6.42 Å². The van der Waals surface area contributed by atoms with Crippen LogP contribution in [-0.2, 0) is 9.53 Å². The van der Waals surface area contributed by atoms with Crippen LogP contribution in [0.15, 0.2) is 48.6 Å². The van der Waals surface area contributed by atoms with Crippen molar-refractivity contribution in [1.29, 1.82) is 0 Å². The molecule has 0 rings (SSSR count). The molecule has 0 fully saturated rings. The van der Waals surface area contributed by atoms with Gasteiger partial charge in [-0.15, -0.1) is 0 Å². The van der Waals surface area contributed by atoms with Crippen LogP contribution in [0.25, 0.3) is 0 Å². The van der Waals surface area contributed by atoms with Crippen LogP contribution in [0.5, 0.6) is 0 Å². The van der Waals surface area contributed by atoms with E-state index in [9.17, 15) is 9.90 Å². The Kier molecular flexibility index (Phi) is 16.5. The first kappa shape index (κ1) is 22.4. The summed E-state index contributed by atoms with van der Waals surface area (Å²) in [6.45, 7) is 2.22. The molecule has 0 amide bonds. The summed E-state index contributed by atoms with van der Waals surface area (Å²) in [6.07, 6.45) is 24.4. The van der Waals surface area contributed by atoms with Gasteiger partial charge in [-0.3, -0.25) is 4.79 Å². The van der Waals surface area contributed by atoms with E-state index in [1.54, 1.807) is 0 Å². The van der Waals surface area contributed by atoms with Gasteiger partial charge in [-0.2, -0.15) is 0 Å². The van der Waals surface area contributed by atoms with Gasteiger partial charge in [-0.05, 0) is 38.5 Å². The molecule has 0 heterocycles. The highest BCUT2D eigenvalue weighted by atomic mass is 16.5. The van der Waals surface area contributed by atoms with Crippen molar-refractivity contribution in [2.45, 2.75) is 70.8 Å². The predicted molar refractivity (Wildman–Crippen MR) is 102 cm³/mol. The fourth-order valence-electron chi connectivity index (χ4n) is 2.11. The van der Waals surface area contributed by atoms with Crippen LogP contribution in [0.3, 0.4) is 0 Å². The Morgan fingerprint density at radius 3 is 2.46 bits per heavy atom. The lowest BCUT2D eigenvalue weighted by molar-refractivity contribution is -0.140. The number of allylic oxidation sites excluding steroid dienone is 7. The number of carbonyl (C=O) groups is 1. The molecule has 0 saturated heterocycles. The highest BCUT2D eigenvalue weighted by molar-refractivity contribution is 5.68. The molecule has 0 aliphatic carbocycles. The molecule has 0 aromatic rings. The summed E-state index contributed by atoms with van der Waals surface area (Å²) in [4.78, 5) is 10.9. The summed E-state index contributed by atoms with van der Waals surface area (Å²) < 4.78 is 4.56. The second kappa shape index (κ2) is 17.7. The molecule has 3 heteroatoms. The number of esters is 1. The Hall–Kier alpha value is -1.61. The van der Waals surface area contributed by atoms with Crippen LogP contribution in [0.1, 0.15) is 64.7 Å². The summed E-state index contributed by atoms with van der Waals surface area (Å²) >= 11 is 0. The Morgan fingerprint density at radius 2 is 1.75 bits per heavy atom. The van der Waals surface area contributed by atoms with Crippen LogP contribution in [0.4, 0.5) is 0 Å². The van der Waals surface area contributed by atoms with Crippen LogP contribution in [0.2, 0.25) is 0 Å². The zero-order valence-corrected chi connectivity index (χ0v) is 15.3. The third-order valence-electron chi connectivity index (χ3n) is 3.57. The second-order valence-electron chi connectivity index (χ2n) is 5.80. The number of carbonyl (C=O) groups excluding carboxylic acids is 1. The van der Waals surface area contributed by atoms with E-state index in [1.165, 1.54) is 32.8 Å². The number of aliphatic hydroxyl groups is 1. The smallest absolute Gasteiger partial charge is 0.305 e. The summed E-state index contributed by atoms with van der Waals surface area (Å²) in [5, 5.41) is 9.76. The number of ether oxygens (including phenoxy) is 1. The van der Waals surface area contributed by atoms with Crippen LogP contribution in [-0.4, -0.2) is 24.3 Å². The zero-order chi connectivity index (χ0) is 17.9. The van der Waals surface area contributed by atoms with E-state index < -0.39 is 6.10 Å². The first-order valence-electron chi connectivity index (χ1n) is 9.08. The number of hydrogen-bond donors (Lipinski definition) is 1. The second-order valence-corrected chi connectivity index (χ2v) is 5.80. The SMILES string of the molecule is CCCCCC=CCC=CC=CC=CCC(O)CCCC(=O)OC. The van der Waals surface area contributed by atoms with E-state index >= 15 is 0 Å². The summed E-state index contributed by atoms with van der Waals surface area (Å²) in [5.41, 5.74) is 0. The molecule has 0 aromatic carbocycles. The molecular weight excluding hydrogens is 300 g/mol. The molecule has 3 nitrogen and oxygen atoms in total. The van der Waals surface area contributed by atoms with Gasteiger partial charge in [0.05, 0.1) is 13.2 Å². The quantitative estimate of drug-likeness (QED) is 0.203. The monoisotopic (exact) mass is 334 g/mol. The first-order chi connectivity index (χ1) is 11.7. The van der Waals surface area contributed by atoms with E-state index in [1.807, 2.05) is 30.4 Å². The summed E-state index contributed by atoms with van der Waals surface area (Å²) in [6, 6.07) is 0. The van der Waals surface area contributed by atoms with Crippen molar-refractivity contribution in [3.63, 3.8) is 0 Å². The number of rotatable bonds is 14. The van der Waals surface area contributed by atoms with Crippen molar-refractivity contribution in [3.05, 3.63) is 48.6 Å². The van der Waals surface area contributed by atoms with Crippen molar-refractivity contribution < 1.29 is 14.6 Å². The van der Waals surface area contributed by atoms with Gasteiger partial charge in [-0.25, -0.2) is 0 Å². The number of aliphatic hydroxyl groups excluding tert-OH is 1. The van der Waals surface area contributed by atoms with Crippen molar-refractivity contribution >= 4 is 5.97 Å². The van der Waals surface area contributed by atoms with Crippen LogP contribution < -0.4 is 0 Å². The molecule has 0 radical (unpaired) electrons. The molecule has 0 aromatic heterocycles. The molecule has 0 spiro atoms. The number of unbranched alkanes of at least 4 members (excludes halogenated alkanes) is 3. The minimum atomic E-state index is -0.396. The van der Waals surface area contributed by atoms with Gasteiger partial charge in [0, 0.05) is 6.42 Å². The Balaban J connectivity index is 3.62. The van der Waals surface area contributed by atoms with Gasteiger partial charge < -0.3 is 9.84 Å². The van der Waals surface area contributed by atoms with E-state index in [0.29, 0.717) is 25.7 Å². The van der Waals surface area contributed by atoms with Crippen LogP contribution in [0, 0.1) is 0 Å². The van der Waals surface area contributed by atoms with Crippen molar-refractivity contribution in [3.8, 4) is 0 Å². The molecule has 136 valence electrons. The Bertz CT molecular complexity index is 405. The molecule has 0 aliphatic heterocycles. The third-order valence-corrected chi connectivity index (χ3v) is 3.57. The summed E-state index contributed by atoms with van der Waals surface area (Å²) in [5.74, 6) is -0.219. The van der Waals surface area contributed by atoms with E-state index in [-0.39, 0.29) is 5.97 Å². The highest BCUT2D eigenvalue weighted by Crippen LogP contribution is 2.06. The van der Waals surface area contributed by atoms with Gasteiger partial charge >= 0.3 is 5.97 Å². The minimum Gasteiger partial charge on any atom is -0.469 e. The normalized spacial score (nSPS) is 13.6. The molecule has 1 atom stereocenters. The van der Waals surface area contributed by atoms with Crippen molar-refractivity contribution in [2.75, 3.05) is 7.11 Å². The van der Waals surface area contributed by atoms with Gasteiger partial charge in [-0.1, -0.05) is 68.4 Å². The predicted octanol–water partition coefficient (Wildman–Crippen LogP) is 5.28. The number of methoxy groups -OCH3 is 1. The highest BCUT2D eigenvalue weighted by Gasteiger charge is 2.04. The summed E-state index contributed by atoms with van der Waals surface area (Å²) in [7, 11) is 1.38. The van der Waals surface area contributed by atoms with Gasteiger partial charge in [0.1, 0.15) is 0 Å². The Labute approximate surface area is 147 Å².